The summed E-state index contributed by atoms with van der Waals surface area (Å²) in [7, 11) is 0. The second-order valence-electron chi connectivity index (χ2n) is 4.71. The Morgan fingerprint density at radius 3 is 2.74 bits per heavy atom. The zero-order valence-electron chi connectivity index (χ0n) is 10.7. The summed E-state index contributed by atoms with van der Waals surface area (Å²) < 4.78 is 0. The van der Waals surface area contributed by atoms with Gasteiger partial charge in [0.15, 0.2) is 0 Å². The molecule has 2 rings (SSSR count). The first kappa shape index (κ1) is 13.5. The molecule has 1 aliphatic carbocycles. The Bertz CT molecular complexity index is 511. The van der Waals surface area contributed by atoms with Gasteiger partial charge in [0.05, 0.1) is 11.5 Å². The molecule has 0 aromatic heterocycles. The number of carbonyl (C=O) groups excluding carboxylic acids is 1. The first-order valence-electron chi connectivity index (χ1n) is 6.21. The number of carbonyl (C=O) groups is 1. The van der Waals surface area contributed by atoms with Crippen LogP contribution >= 0.6 is 0 Å². The Morgan fingerprint density at radius 2 is 2.21 bits per heavy atom. The van der Waals surface area contributed by atoms with Crippen LogP contribution in [0, 0.1) is 17.0 Å². The van der Waals surface area contributed by atoms with E-state index < -0.39 is 4.92 Å². The molecule has 0 saturated heterocycles. The number of nitro groups is 1. The third-order valence-corrected chi connectivity index (χ3v) is 3.25. The van der Waals surface area contributed by atoms with Gasteiger partial charge in [0, 0.05) is 30.3 Å². The van der Waals surface area contributed by atoms with Crippen LogP contribution in [0.1, 0.15) is 28.8 Å². The topological polar surface area (TPSA) is 83.7 Å². The number of hydrogen-bond donors (Lipinski definition) is 1. The summed E-state index contributed by atoms with van der Waals surface area (Å²) >= 11 is 0. The van der Waals surface area contributed by atoms with Crippen LogP contribution in [0.25, 0.3) is 0 Å². The summed E-state index contributed by atoms with van der Waals surface area (Å²) in [4.78, 5) is 24.3. The predicted octanol–water partition coefficient (Wildman–Crippen LogP) is 1.50. The van der Waals surface area contributed by atoms with Crippen molar-refractivity contribution in [3.8, 4) is 0 Å². The normalized spacial score (nSPS) is 14.2. The van der Waals surface area contributed by atoms with Crippen molar-refractivity contribution in [2.75, 3.05) is 13.2 Å². The lowest BCUT2D eigenvalue weighted by Gasteiger charge is -2.22. The van der Waals surface area contributed by atoms with Crippen LogP contribution in [0.15, 0.2) is 18.2 Å². The van der Waals surface area contributed by atoms with Crippen LogP contribution < -0.4 is 0 Å². The molecule has 0 aliphatic heterocycles. The quantitative estimate of drug-likeness (QED) is 0.645. The average molecular weight is 264 g/mol. The number of amides is 1. The summed E-state index contributed by atoms with van der Waals surface area (Å²) in [6.07, 6.45) is 1.86. The van der Waals surface area contributed by atoms with Gasteiger partial charge in [0.1, 0.15) is 0 Å². The Kier molecular flexibility index (Phi) is 3.80. The van der Waals surface area contributed by atoms with Gasteiger partial charge in [-0.1, -0.05) is 6.07 Å². The highest BCUT2D eigenvalue weighted by Gasteiger charge is 2.33. The Hall–Kier alpha value is -1.95. The largest absolute Gasteiger partial charge is 0.395 e. The number of hydrogen-bond acceptors (Lipinski definition) is 4. The van der Waals surface area contributed by atoms with E-state index in [2.05, 4.69) is 0 Å². The number of rotatable bonds is 5. The lowest BCUT2D eigenvalue weighted by atomic mass is 10.1. The summed E-state index contributed by atoms with van der Waals surface area (Å²) in [6.45, 7) is 1.92. The molecule has 0 spiro atoms. The fourth-order valence-electron chi connectivity index (χ4n) is 2.05. The molecule has 102 valence electrons. The van der Waals surface area contributed by atoms with Crippen molar-refractivity contribution in [1.82, 2.24) is 4.90 Å². The maximum Gasteiger partial charge on any atom is 0.270 e. The number of non-ortho nitro benzene ring substituents is 1. The van der Waals surface area contributed by atoms with Gasteiger partial charge in [-0.05, 0) is 25.3 Å². The fraction of sp³-hybridized carbons (Fsp3) is 0.462. The van der Waals surface area contributed by atoms with E-state index in [-0.39, 0.29) is 30.8 Å². The fourth-order valence-corrected chi connectivity index (χ4v) is 2.05. The molecule has 6 nitrogen and oxygen atoms in total. The zero-order chi connectivity index (χ0) is 14.0. The van der Waals surface area contributed by atoms with Gasteiger partial charge in [-0.25, -0.2) is 0 Å². The maximum atomic E-state index is 12.4. The third-order valence-electron chi connectivity index (χ3n) is 3.25. The van der Waals surface area contributed by atoms with Crippen molar-refractivity contribution < 1.29 is 14.8 Å². The van der Waals surface area contributed by atoms with E-state index >= 15 is 0 Å². The van der Waals surface area contributed by atoms with Crippen LogP contribution in [0.5, 0.6) is 0 Å². The maximum absolute atomic E-state index is 12.4. The van der Waals surface area contributed by atoms with Gasteiger partial charge < -0.3 is 10.0 Å². The van der Waals surface area contributed by atoms with Crippen LogP contribution in [0.3, 0.4) is 0 Å². The summed E-state index contributed by atoms with van der Waals surface area (Å²) in [5, 5.41) is 19.8. The molecule has 1 aliphatic rings. The molecule has 1 amide bonds. The van der Waals surface area contributed by atoms with Crippen LogP contribution in [-0.4, -0.2) is 40.0 Å². The lowest BCUT2D eigenvalue weighted by Crippen LogP contribution is -2.35. The van der Waals surface area contributed by atoms with Gasteiger partial charge in [-0.3, -0.25) is 14.9 Å². The minimum absolute atomic E-state index is 0.0892. The molecule has 0 bridgehead atoms. The first-order chi connectivity index (χ1) is 9.04. The van der Waals surface area contributed by atoms with E-state index in [4.69, 9.17) is 5.11 Å². The second-order valence-corrected chi connectivity index (χ2v) is 4.71. The smallest absolute Gasteiger partial charge is 0.270 e. The van der Waals surface area contributed by atoms with Crippen LogP contribution in [-0.2, 0) is 0 Å². The van der Waals surface area contributed by atoms with E-state index in [9.17, 15) is 14.9 Å². The molecular formula is C13H16N2O4. The zero-order valence-corrected chi connectivity index (χ0v) is 10.7. The van der Waals surface area contributed by atoms with E-state index in [1.165, 1.54) is 12.1 Å². The number of nitrogens with zero attached hydrogens (tertiary/aromatic N) is 2. The monoisotopic (exact) mass is 264 g/mol. The standard InChI is InChI=1S/C13H16N2O4/c1-9-2-3-11(15(18)19)8-12(9)13(17)14(6-7-16)10-4-5-10/h2-3,8,10,16H,4-7H2,1H3. The average Bonchev–Trinajstić information content (AvgIpc) is 3.19. The number of nitro benzene ring substituents is 1. The number of aryl methyl sites for hydroxylation is 1. The minimum atomic E-state index is -0.510. The Labute approximate surface area is 110 Å². The van der Waals surface area contributed by atoms with Crippen molar-refractivity contribution in [3.05, 3.63) is 39.4 Å². The Morgan fingerprint density at radius 1 is 1.53 bits per heavy atom. The molecule has 0 heterocycles. The molecule has 1 aromatic carbocycles. The molecule has 0 radical (unpaired) electrons. The van der Waals surface area contributed by atoms with Crippen molar-refractivity contribution in [2.45, 2.75) is 25.8 Å². The molecule has 0 atom stereocenters. The number of benzene rings is 1. The summed E-state index contributed by atoms with van der Waals surface area (Å²) in [6, 6.07) is 4.44. The molecule has 1 saturated carbocycles. The van der Waals surface area contributed by atoms with Crippen LogP contribution in [0.4, 0.5) is 5.69 Å². The van der Waals surface area contributed by atoms with Crippen molar-refractivity contribution >= 4 is 11.6 Å². The predicted molar refractivity (Wildman–Crippen MR) is 69.0 cm³/mol. The highest BCUT2D eigenvalue weighted by molar-refractivity contribution is 5.96. The molecule has 1 fully saturated rings. The van der Waals surface area contributed by atoms with E-state index in [1.807, 2.05) is 0 Å². The van der Waals surface area contributed by atoms with Crippen molar-refractivity contribution in [3.63, 3.8) is 0 Å². The highest BCUT2D eigenvalue weighted by Crippen LogP contribution is 2.29. The van der Waals surface area contributed by atoms with E-state index in [0.717, 1.165) is 12.8 Å². The second kappa shape index (κ2) is 5.36. The molecule has 6 heteroatoms. The number of aliphatic hydroxyl groups is 1. The van der Waals surface area contributed by atoms with Gasteiger partial charge in [0.25, 0.3) is 11.6 Å². The molecule has 19 heavy (non-hydrogen) atoms. The summed E-state index contributed by atoms with van der Waals surface area (Å²) in [5.41, 5.74) is 0.961. The Balaban J connectivity index is 2.30. The SMILES string of the molecule is Cc1ccc([N+](=O)[O-])cc1C(=O)N(CCO)C1CC1. The van der Waals surface area contributed by atoms with Gasteiger partial charge in [-0.15, -0.1) is 0 Å². The highest BCUT2D eigenvalue weighted by atomic mass is 16.6. The van der Waals surface area contributed by atoms with E-state index in [1.54, 1.807) is 17.9 Å². The molecular weight excluding hydrogens is 248 g/mol. The van der Waals surface area contributed by atoms with Crippen molar-refractivity contribution in [1.29, 1.82) is 0 Å². The van der Waals surface area contributed by atoms with Gasteiger partial charge in [0.2, 0.25) is 0 Å². The lowest BCUT2D eigenvalue weighted by molar-refractivity contribution is -0.384. The summed E-state index contributed by atoms with van der Waals surface area (Å²) in [5.74, 6) is -0.238. The van der Waals surface area contributed by atoms with Gasteiger partial charge >= 0.3 is 0 Å². The minimum Gasteiger partial charge on any atom is -0.395 e. The molecule has 1 aromatic rings. The molecule has 1 N–H and O–H groups in total. The van der Waals surface area contributed by atoms with Gasteiger partial charge in [-0.2, -0.15) is 0 Å². The first-order valence-corrected chi connectivity index (χ1v) is 6.21. The van der Waals surface area contributed by atoms with E-state index in [0.29, 0.717) is 11.1 Å². The molecule has 0 unspecified atom stereocenters. The number of aliphatic hydroxyl groups excluding tert-OH is 1. The van der Waals surface area contributed by atoms with Crippen molar-refractivity contribution in [2.24, 2.45) is 0 Å². The third kappa shape index (κ3) is 2.90. The van der Waals surface area contributed by atoms with Crippen LogP contribution in [0.2, 0.25) is 0 Å².